The smallest absolute Gasteiger partial charge is 0.345 e. The third-order valence-electron chi connectivity index (χ3n) is 2.41. The molecule has 18 heavy (non-hydrogen) atoms. The molecule has 0 aliphatic carbocycles. The van der Waals surface area contributed by atoms with Crippen molar-refractivity contribution in [1.29, 1.82) is 0 Å². The summed E-state index contributed by atoms with van der Waals surface area (Å²) < 4.78 is 5.13. The standard InChI is InChI=1S/C13H13NO3S/c1-17-10-4-2-3-9(7-10)14-8-11-5-6-12(18-11)13(15)16/h2-7,14H,8H2,1H3,(H,15,16). The molecular formula is C13H13NO3S. The van der Waals surface area contributed by atoms with Crippen LogP contribution in [0.5, 0.6) is 5.75 Å². The number of hydrogen-bond donors (Lipinski definition) is 2. The molecule has 1 aromatic heterocycles. The molecule has 0 amide bonds. The molecule has 0 spiro atoms. The zero-order valence-corrected chi connectivity index (χ0v) is 10.7. The molecule has 1 heterocycles. The fraction of sp³-hybridized carbons (Fsp3) is 0.154. The van der Waals surface area contributed by atoms with Crippen molar-refractivity contribution in [2.75, 3.05) is 12.4 Å². The van der Waals surface area contributed by atoms with Gasteiger partial charge in [0.25, 0.3) is 0 Å². The fourth-order valence-corrected chi connectivity index (χ4v) is 2.30. The molecule has 0 aliphatic rings. The lowest BCUT2D eigenvalue weighted by Crippen LogP contribution is -1.97. The summed E-state index contributed by atoms with van der Waals surface area (Å²) in [5.41, 5.74) is 0.944. The highest BCUT2D eigenvalue weighted by atomic mass is 32.1. The largest absolute Gasteiger partial charge is 0.497 e. The average molecular weight is 263 g/mol. The van der Waals surface area contributed by atoms with E-state index in [4.69, 9.17) is 9.84 Å². The van der Waals surface area contributed by atoms with Crippen molar-refractivity contribution >= 4 is 23.0 Å². The number of thiophene rings is 1. The van der Waals surface area contributed by atoms with Crippen LogP contribution in [0.2, 0.25) is 0 Å². The minimum absolute atomic E-state index is 0.359. The summed E-state index contributed by atoms with van der Waals surface area (Å²) in [4.78, 5) is 12.1. The Morgan fingerprint density at radius 3 is 2.89 bits per heavy atom. The highest BCUT2D eigenvalue weighted by Gasteiger charge is 2.06. The highest BCUT2D eigenvalue weighted by molar-refractivity contribution is 7.13. The lowest BCUT2D eigenvalue weighted by atomic mass is 10.3. The van der Waals surface area contributed by atoms with Crippen LogP contribution < -0.4 is 10.1 Å². The summed E-state index contributed by atoms with van der Waals surface area (Å²) in [7, 11) is 1.62. The number of nitrogens with one attached hydrogen (secondary N) is 1. The maximum absolute atomic E-state index is 10.7. The number of methoxy groups -OCH3 is 1. The van der Waals surface area contributed by atoms with Gasteiger partial charge in [0.15, 0.2) is 0 Å². The number of carbonyl (C=O) groups is 1. The predicted octanol–water partition coefficient (Wildman–Crippen LogP) is 3.07. The number of aromatic carboxylic acids is 1. The first-order valence-electron chi connectivity index (χ1n) is 5.39. The molecule has 0 saturated carbocycles. The Balaban J connectivity index is 1.99. The van der Waals surface area contributed by atoms with Crippen LogP contribution >= 0.6 is 11.3 Å². The normalized spacial score (nSPS) is 10.1. The van der Waals surface area contributed by atoms with Crippen LogP contribution in [0.3, 0.4) is 0 Å². The monoisotopic (exact) mass is 263 g/mol. The van der Waals surface area contributed by atoms with Crippen molar-refractivity contribution in [3.05, 3.63) is 46.2 Å². The molecule has 0 atom stereocenters. The fourth-order valence-electron chi connectivity index (χ4n) is 1.51. The lowest BCUT2D eigenvalue weighted by molar-refractivity contribution is 0.0702. The molecule has 2 N–H and O–H groups in total. The van der Waals surface area contributed by atoms with Gasteiger partial charge in [0.2, 0.25) is 0 Å². The molecule has 2 rings (SSSR count). The number of hydrogen-bond acceptors (Lipinski definition) is 4. The first-order chi connectivity index (χ1) is 8.69. The summed E-state index contributed by atoms with van der Waals surface area (Å²) in [6.07, 6.45) is 0. The van der Waals surface area contributed by atoms with Gasteiger partial charge in [-0.25, -0.2) is 4.79 Å². The SMILES string of the molecule is COc1cccc(NCc2ccc(C(=O)O)s2)c1. The van der Waals surface area contributed by atoms with Crippen LogP contribution in [0.25, 0.3) is 0 Å². The van der Waals surface area contributed by atoms with E-state index in [1.54, 1.807) is 13.2 Å². The van der Waals surface area contributed by atoms with E-state index in [0.717, 1.165) is 16.3 Å². The summed E-state index contributed by atoms with van der Waals surface area (Å²) in [5.74, 6) is -0.0926. The Hall–Kier alpha value is -2.01. The zero-order chi connectivity index (χ0) is 13.0. The predicted molar refractivity (Wildman–Crippen MR) is 71.6 cm³/mol. The molecule has 5 heteroatoms. The van der Waals surface area contributed by atoms with Gasteiger partial charge < -0.3 is 15.2 Å². The number of benzene rings is 1. The maximum Gasteiger partial charge on any atom is 0.345 e. The van der Waals surface area contributed by atoms with Gasteiger partial charge in [-0.3, -0.25) is 0 Å². The van der Waals surface area contributed by atoms with Crippen molar-refractivity contribution in [1.82, 2.24) is 0 Å². The topological polar surface area (TPSA) is 58.6 Å². The van der Waals surface area contributed by atoms with Crippen molar-refractivity contribution in [3.63, 3.8) is 0 Å². The third kappa shape index (κ3) is 3.01. The molecule has 4 nitrogen and oxygen atoms in total. The number of carboxylic acid groups (broad SMARTS) is 1. The van der Waals surface area contributed by atoms with Crippen molar-refractivity contribution in [2.24, 2.45) is 0 Å². The first-order valence-corrected chi connectivity index (χ1v) is 6.20. The van der Waals surface area contributed by atoms with E-state index >= 15 is 0 Å². The summed E-state index contributed by atoms with van der Waals surface area (Å²) >= 11 is 1.28. The van der Waals surface area contributed by atoms with Crippen molar-refractivity contribution in [3.8, 4) is 5.75 Å². The Kier molecular flexibility index (Phi) is 3.84. The Morgan fingerprint density at radius 2 is 2.22 bits per heavy atom. The van der Waals surface area contributed by atoms with Crippen LogP contribution in [-0.4, -0.2) is 18.2 Å². The van der Waals surface area contributed by atoms with Gasteiger partial charge in [-0.2, -0.15) is 0 Å². The lowest BCUT2D eigenvalue weighted by Gasteiger charge is -2.06. The Bertz CT molecular complexity index is 551. The quantitative estimate of drug-likeness (QED) is 0.870. The van der Waals surface area contributed by atoms with E-state index in [2.05, 4.69) is 5.32 Å². The Labute approximate surface area is 109 Å². The van der Waals surface area contributed by atoms with E-state index in [-0.39, 0.29) is 0 Å². The minimum Gasteiger partial charge on any atom is -0.497 e. The summed E-state index contributed by atoms with van der Waals surface area (Å²) in [6.45, 7) is 0.602. The van der Waals surface area contributed by atoms with Gasteiger partial charge in [-0.1, -0.05) is 6.07 Å². The molecule has 1 aromatic carbocycles. The summed E-state index contributed by atoms with van der Waals surface area (Å²) in [6, 6.07) is 11.0. The van der Waals surface area contributed by atoms with E-state index in [1.807, 2.05) is 30.3 Å². The molecule has 0 aliphatic heterocycles. The van der Waals surface area contributed by atoms with Crippen molar-refractivity contribution < 1.29 is 14.6 Å². The second-order valence-corrected chi connectivity index (χ2v) is 4.82. The number of carboxylic acids is 1. The van der Waals surface area contributed by atoms with Gasteiger partial charge in [-0.15, -0.1) is 11.3 Å². The second-order valence-electron chi connectivity index (χ2n) is 3.66. The molecule has 0 saturated heterocycles. The average Bonchev–Trinajstić information content (AvgIpc) is 2.85. The summed E-state index contributed by atoms with van der Waals surface area (Å²) in [5, 5.41) is 12.1. The van der Waals surface area contributed by atoms with Gasteiger partial charge in [-0.05, 0) is 24.3 Å². The molecule has 94 valence electrons. The minimum atomic E-state index is -0.882. The molecule has 0 bridgehead atoms. The maximum atomic E-state index is 10.7. The van der Waals surface area contributed by atoms with Gasteiger partial charge >= 0.3 is 5.97 Å². The van der Waals surface area contributed by atoms with Crippen molar-refractivity contribution in [2.45, 2.75) is 6.54 Å². The van der Waals surface area contributed by atoms with Crippen LogP contribution in [0.4, 0.5) is 5.69 Å². The number of anilines is 1. The first kappa shape index (κ1) is 12.4. The van der Waals surface area contributed by atoms with Gasteiger partial charge in [0.1, 0.15) is 10.6 Å². The Morgan fingerprint density at radius 1 is 1.39 bits per heavy atom. The molecule has 0 radical (unpaired) electrons. The van der Waals surface area contributed by atoms with E-state index in [0.29, 0.717) is 11.4 Å². The second kappa shape index (κ2) is 5.55. The van der Waals surface area contributed by atoms with Crippen LogP contribution in [0, 0.1) is 0 Å². The zero-order valence-electron chi connectivity index (χ0n) is 9.84. The molecule has 2 aromatic rings. The number of rotatable bonds is 5. The van der Waals surface area contributed by atoms with Crippen LogP contribution in [0.15, 0.2) is 36.4 Å². The third-order valence-corrected chi connectivity index (χ3v) is 3.48. The van der Waals surface area contributed by atoms with Gasteiger partial charge in [0.05, 0.1) is 7.11 Å². The molecule has 0 unspecified atom stereocenters. The van der Waals surface area contributed by atoms with E-state index < -0.39 is 5.97 Å². The molecule has 0 fully saturated rings. The van der Waals surface area contributed by atoms with E-state index in [9.17, 15) is 4.79 Å². The van der Waals surface area contributed by atoms with Crippen LogP contribution in [-0.2, 0) is 6.54 Å². The van der Waals surface area contributed by atoms with E-state index in [1.165, 1.54) is 11.3 Å². The van der Waals surface area contributed by atoms with Crippen LogP contribution in [0.1, 0.15) is 14.5 Å². The molecular weight excluding hydrogens is 250 g/mol. The van der Waals surface area contributed by atoms with Gasteiger partial charge in [0, 0.05) is 23.2 Å². The number of ether oxygens (including phenoxy) is 1. The highest BCUT2D eigenvalue weighted by Crippen LogP contribution is 2.20.